The molecule has 0 aromatic rings. The molecular weight excluding hydrogens is 356 g/mol. The number of unbranched alkanes of at least 4 members (excludes halogenated alkanes) is 16. The lowest BCUT2D eigenvalue weighted by Crippen LogP contribution is -2.18. The number of esters is 1. The molecule has 1 unspecified atom stereocenters. The van der Waals surface area contributed by atoms with Crippen molar-refractivity contribution in [1.29, 1.82) is 0 Å². The van der Waals surface area contributed by atoms with Gasteiger partial charge in [-0.05, 0) is 19.3 Å². The highest BCUT2D eigenvalue weighted by Crippen LogP contribution is 2.21. The topological polar surface area (TPSA) is 26.3 Å². The summed E-state index contributed by atoms with van der Waals surface area (Å²) in [6.45, 7) is 7.41. The molecule has 0 rings (SSSR count). The SMILES string of the molecule is CCCCCCCCCCOC(=O)C(CCCCCC)CCCCCCCCC. The average Bonchev–Trinajstić information content (AvgIpc) is 2.73. The van der Waals surface area contributed by atoms with E-state index < -0.39 is 0 Å². The van der Waals surface area contributed by atoms with Gasteiger partial charge in [-0.2, -0.15) is 0 Å². The summed E-state index contributed by atoms with van der Waals surface area (Å²) in [6.07, 6.45) is 26.6. The number of hydrogen-bond donors (Lipinski definition) is 0. The second-order valence-electron chi connectivity index (χ2n) is 9.10. The highest BCUT2D eigenvalue weighted by molar-refractivity contribution is 5.72. The molecule has 0 aromatic heterocycles. The van der Waals surface area contributed by atoms with Crippen LogP contribution in [0.1, 0.15) is 156 Å². The molecule has 0 saturated carbocycles. The molecule has 0 radical (unpaired) electrons. The van der Waals surface area contributed by atoms with Crippen LogP contribution >= 0.6 is 0 Å². The van der Waals surface area contributed by atoms with Gasteiger partial charge in [0.25, 0.3) is 0 Å². The maximum Gasteiger partial charge on any atom is 0.308 e. The highest BCUT2D eigenvalue weighted by Gasteiger charge is 2.19. The lowest BCUT2D eigenvalue weighted by Gasteiger charge is -2.16. The van der Waals surface area contributed by atoms with E-state index in [0.717, 1.165) is 19.3 Å². The molecule has 0 aliphatic rings. The molecule has 0 fully saturated rings. The zero-order valence-electron chi connectivity index (χ0n) is 20.5. The molecule has 0 bridgehead atoms. The van der Waals surface area contributed by atoms with Gasteiger partial charge in [0.1, 0.15) is 0 Å². The maximum atomic E-state index is 12.6. The molecule has 0 amide bonds. The lowest BCUT2D eigenvalue weighted by atomic mass is 9.94. The van der Waals surface area contributed by atoms with Crippen molar-refractivity contribution in [2.75, 3.05) is 6.61 Å². The quantitative estimate of drug-likeness (QED) is 0.124. The van der Waals surface area contributed by atoms with Gasteiger partial charge >= 0.3 is 5.97 Å². The summed E-state index contributed by atoms with van der Waals surface area (Å²) in [4.78, 5) is 12.6. The van der Waals surface area contributed by atoms with Gasteiger partial charge in [-0.15, -0.1) is 0 Å². The van der Waals surface area contributed by atoms with E-state index in [1.807, 2.05) is 0 Å². The fourth-order valence-corrected chi connectivity index (χ4v) is 4.07. The van der Waals surface area contributed by atoms with Gasteiger partial charge in [0.2, 0.25) is 0 Å². The molecule has 174 valence electrons. The first-order valence-corrected chi connectivity index (χ1v) is 13.4. The molecule has 0 aromatic carbocycles. The fourth-order valence-electron chi connectivity index (χ4n) is 4.07. The molecule has 1 atom stereocenters. The van der Waals surface area contributed by atoms with Gasteiger partial charge in [-0.1, -0.05) is 136 Å². The van der Waals surface area contributed by atoms with Crippen LogP contribution in [0.5, 0.6) is 0 Å². The third-order valence-corrected chi connectivity index (χ3v) is 6.14. The second kappa shape index (κ2) is 23.7. The number of ether oxygens (including phenoxy) is 1. The molecule has 0 saturated heterocycles. The molecule has 2 heteroatoms. The maximum absolute atomic E-state index is 12.6. The summed E-state index contributed by atoms with van der Waals surface area (Å²) >= 11 is 0. The predicted octanol–water partition coefficient (Wildman–Crippen LogP) is 9.40. The van der Waals surface area contributed by atoms with Crippen LogP contribution < -0.4 is 0 Å². The summed E-state index contributed by atoms with van der Waals surface area (Å²) < 4.78 is 5.68. The van der Waals surface area contributed by atoms with E-state index in [1.54, 1.807) is 0 Å². The van der Waals surface area contributed by atoms with Crippen molar-refractivity contribution in [3.8, 4) is 0 Å². The number of hydrogen-bond acceptors (Lipinski definition) is 2. The Morgan fingerprint density at radius 1 is 0.517 bits per heavy atom. The summed E-state index contributed by atoms with van der Waals surface area (Å²) in [5.74, 6) is 0.243. The van der Waals surface area contributed by atoms with Crippen molar-refractivity contribution in [1.82, 2.24) is 0 Å². The Balaban J connectivity index is 3.91. The summed E-state index contributed by atoms with van der Waals surface area (Å²) in [7, 11) is 0. The van der Waals surface area contributed by atoms with E-state index in [9.17, 15) is 4.79 Å². The number of carbonyl (C=O) groups excluding carboxylic acids is 1. The molecule has 29 heavy (non-hydrogen) atoms. The summed E-state index contributed by atoms with van der Waals surface area (Å²) in [5.41, 5.74) is 0. The zero-order valence-corrected chi connectivity index (χ0v) is 20.5. The molecule has 0 aliphatic heterocycles. The van der Waals surface area contributed by atoms with Crippen LogP contribution in [-0.4, -0.2) is 12.6 Å². The molecule has 2 nitrogen and oxygen atoms in total. The minimum atomic E-state index is 0.0930. The van der Waals surface area contributed by atoms with Crippen LogP contribution in [0.4, 0.5) is 0 Å². The first-order chi connectivity index (χ1) is 14.3. The number of rotatable bonds is 23. The highest BCUT2D eigenvalue weighted by atomic mass is 16.5. The van der Waals surface area contributed by atoms with Crippen LogP contribution in [0.2, 0.25) is 0 Å². The van der Waals surface area contributed by atoms with Gasteiger partial charge in [0.15, 0.2) is 0 Å². The van der Waals surface area contributed by atoms with Crippen molar-refractivity contribution in [2.45, 2.75) is 156 Å². The van der Waals surface area contributed by atoms with E-state index >= 15 is 0 Å². The van der Waals surface area contributed by atoms with Crippen molar-refractivity contribution in [3.05, 3.63) is 0 Å². The van der Waals surface area contributed by atoms with Crippen LogP contribution in [0.25, 0.3) is 0 Å². The Morgan fingerprint density at radius 3 is 1.31 bits per heavy atom. The van der Waals surface area contributed by atoms with Gasteiger partial charge in [0, 0.05) is 0 Å². The molecule has 0 spiro atoms. The summed E-state index contributed by atoms with van der Waals surface area (Å²) in [6, 6.07) is 0. The standard InChI is InChI=1S/C27H54O2/c1-4-7-10-13-15-17-19-22-25-29-27(28)26(23-20-12-9-6-3)24-21-18-16-14-11-8-5-2/h26H,4-25H2,1-3H3. The van der Waals surface area contributed by atoms with E-state index in [4.69, 9.17) is 4.74 Å². The van der Waals surface area contributed by atoms with Crippen molar-refractivity contribution >= 4 is 5.97 Å². The van der Waals surface area contributed by atoms with Gasteiger partial charge in [0.05, 0.1) is 12.5 Å². The lowest BCUT2D eigenvalue weighted by molar-refractivity contribution is -0.149. The Morgan fingerprint density at radius 2 is 0.862 bits per heavy atom. The van der Waals surface area contributed by atoms with E-state index in [-0.39, 0.29) is 11.9 Å². The molecule has 0 N–H and O–H groups in total. The van der Waals surface area contributed by atoms with Crippen molar-refractivity contribution < 1.29 is 9.53 Å². The second-order valence-corrected chi connectivity index (χ2v) is 9.10. The Kier molecular flexibility index (Phi) is 23.3. The monoisotopic (exact) mass is 410 g/mol. The molecule has 0 aliphatic carbocycles. The van der Waals surface area contributed by atoms with Crippen LogP contribution in [0, 0.1) is 5.92 Å². The Labute approximate surface area is 184 Å². The van der Waals surface area contributed by atoms with Crippen molar-refractivity contribution in [3.63, 3.8) is 0 Å². The number of carbonyl (C=O) groups is 1. The summed E-state index contributed by atoms with van der Waals surface area (Å²) in [5, 5.41) is 0. The first kappa shape index (κ1) is 28.5. The minimum Gasteiger partial charge on any atom is -0.465 e. The van der Waals surface area contributed by atoms with Crippen LogP contribution in [0.15, 0.2) is 0 Å². The van der Waals surface area contributed by atoms with Crippen LogP contribution in [-0.2, 0) is 9.53 Å². The largest absolute Gasteiger partial charge is 0.465 e. The first-order valence-electron chi connectivity index (χ1n) is 13.4. The normalized spacial score (nSPS) is 12.2. The third kappa shape index (κ3) is 20.5. The van der Waals surface area contributed by atoms with E-state index in [0.29, 0.717) is 6.61 Å². The van der Waals surface area contributed by atoms with Gasteiger partial charge < -0.3 is 4.74 Å². The zero-order chi connectivity index (χ0) is 21.4. The third-order valence-electron chi connectivity index (χ3n) is 6.14. The van der Waals surface area contributed by atoms with Crippen molar-refractivity contribution in [2.24, 2.45) is 5.92 Å². The smallest absolute Gasteiger partial charge is 0.308 e. The minimum absolute atomic E-state index is 0.0930. The molecular formula is C27H54O2. The van der Waals surface area contributed by atoms with E-state index in [2.05, 4.69) is 20.8 Å². The molecule has 0 heterocycles. The average molecular weight is 411 g/mol. The van der Waals surface area contributed by atoms with E-state index in [1.165, 1.54) is 116 Å². The van der Waals surface area contributed by atoms with Gasteiger partial charge in [-0.3, -0.25) is 4.79 Å². The van der Waals surface area contributed by atoms with Gasteiger partial charge in [-0.25, -0.2) is 0 Å². The Bertz CT molecular complexity index is 326. The Hall–Kier alpha value is -0.530. The van der Waals surface area contributed by atoms with Crippen LogP contribution in [0.3, 0.4) is 0 Å². The predicted molar refractivity (Wildman–Crippen MR) is 128 cm³/mol. The fraction of sp³-hybridized carbons (Fsp3) is 0.963.